The largest absolute Gasteiger partial charge is 0.419 e. The van der Waals surface area contributed by atoms with Crippen molar-refractivity contribution in [3.63, 3.8) is 0 Å². The number of nitrogens with two attached hydrogens (primary N) is 1. The molecule has 2 heterocycles. The van der Waals surface area contributed by atoms with E-state index in [0.29, 0.717) is 57.2 Å². The summed E-state index contributed by atoms with van der Waals surface area (Å²) in [4.78, 5) is 15.2. The van der Waals surface area contributed by atoms with Gasteiger partial charge in [-0.05, 0) is 43.2 Å². The Kier molecular flexibility index (Phi) is 6.66. The second kappa shape index (κ2) is 9.48. The highest BCUT2D eigenvalue weighted by atomic mass is 19.4. The molecule has 1 aliphatic heterocycles. The van der Waals surface area contributed by atoms with Gasteiger partial charge in [0.2, 0.25) is 5.95 Å². The lowest BCUT2D eigenvalue weighted by Crippen LogP contribution is -2.37. The van der Waals surface area contributed by atoms with E-state index in [1.54, 1.807) is 0 Å². The maximum Gasteiger partial charge on any atom is 0.419 e. The monoisotopic (exact) mass is 469 g/mol. The van der Waals surface area contributed by atoms with Gasteiger partial charge in [-0.1, -0.05) is 5.16 Å². The molecule has 1 saturated heterocycles. The molecule has 178 valence electrons. The number of hydrogen-bond donors (Lipinski definition) is 1. The fourth-order valence-electron chi connectivity index (χ4n) is 4.18. The molecule has 0 amide bonds. The molecule has 6 nitrogen and oxygen atoms in total. The lowest BCUT2D eigenvalue weighted by molar-refractivity contribution is -0.138. The Labute approximate surface area is 187 Å². The first kappa shape index (κ1) is 23.2. The molecular weight excluding hydrogens is 445 g/mol. The van der Waals surface area contributed by atoms with E-state index in [2.05, 4.69) is 15.1 Å². The summed E-state index contributed by atoms with van der Waals surface area (Å²) in [6.07, 6.45) is 0.845. The molecule has 0 bridgehead atoms. The van der Waals surface area contributed by atoms with Gasteiger partial charge in [0.05, 0.1) is 17.0 Å². The van der Waals surface area contributed by atoms with Gasteiger partial charge in [0, 0.05) is 44.4 Å². The molecule has 0 spiro atoms. The number of aromatic nitrogens is 2. The Bertz CT molecular complexity index is 993. The number of benzene rings is 1. The summed E-state index contributed by atoms with van der Waals surface area (Å²) in [7, 11) is 0. The average Bonchev–Trinajstić information content (AvgIpc) is 2.80. The number of alkyl halides is 3. The highest BCUT2D eigenvalue weighted by Crippen LogP contribution is 2.35. The number of hydrogen-bond acceptors (Lipinski definition) is 6. The number of piperidine rings is 1. The maximum atomic E-state index is 14.2. The van der Waals surface area contributed by atoms with Crippen LogP contribution in [0.3, 0.4) is 0 Å². The van der Waals surface area contributed by atoms with Crippen LogP contribution in [-0.2, 0) is 11.0 Å². The van der Waals surface area contributed by atoms with Crippen LogP contribution in [0.15, 0.2) is 29.7 Å². The van der Waals surface area contributed by atoms with Crippen molar-refractivity contribution >= 4 is 17.3 Å². The minimum absolute atomic E-state index is 0.0916. The average molecular weight is 469 g/mol. The molecule has 1 saturated carbocycles. The lowest BCUT2D eigenvalue weighted by Gasteiger charge is -2.31. The van der Waals surface area contributed by atoms with Crippen LogP contribution >= 0.6 is 0 Å². The molecule has 11 heteroatoms. The lowest BCUT2D eigenvalue weighted by atomic mass is 9.83. The van der Waals surface area contributed by atoms with Crippen LogP contribution in [0, 0.1) is 11.6 Å². The van der Waals surface area contributed by atoms with E-state index in [0.717, 1.165) is 24.2 Å². The van der Waals surface area contributed by atoms with Crippen molar-refractivity contribution in [3.05, 3.63) is 47.3 Å². The molecule has 2 aromatic rings. The van der Waals surface area contributed by atoms with Crippen LogP contribution in [0.4, 0.5) is 33.6 Å². The van der Waals surface area contributed by atoms with Crippen LogP contribution in [0.25, 0.3) is 0 Å². The normalized spacial score (nSPS) is 20.1. The molecule has 0 unspecified atom stereocenters. The Morgan fingerprint density at radius 1 is 0.970 bits per heavy atom. The number of anilines is 2. The Hall–Kier alpha value is -2.98. The molecule has 1 aromatic carbocycles. The zero-order valence-electron chi connectivity index (χ0n) is 17.8. The molecule has 1 aliphatic carbocycles. The fourth-order valence-corrected chi connectivity index (χ4v) is 4.18. The Morgan fingerprint density at radius 3 is 2.21 bits per heavy atom. The number of nitrogen functional groups attached to an aromatic ring is 1. The first-order chi connectivity index (χ1) is 15.7. The van der Waals surface area contributed by atoms with Crippen LogP contribution in [0.1, 0.15) is 55.6 Å². The van der Waals surface area contributed by atoms with Gasteiger partial charge in [-0.2, -0.15) is 13.2 Å². The van der Waals surface area contributed by atoms with Crippen LogP contribution in [0.2, 0.25) is 0 Å². The topological polar surface area (TPSA) is 76.6 Å². The fraction of sp³-hybridized carbons (Fsp3) is 0.500. The third-order valence-electron chi connectivity index (χ3n) is 6.14. The predicted octanol–water partition coefficient (Wildman–Crippen LogP) is 5.06. The van der Waals surface area contributed by atoms with Gasteiger partial charge in [-0.25, -0.2) is 18.7 Å². The minimum Gasteiger partial charge on any atom is -0.396 e. The quantitative estimate of drug-likeness (QED) is 0.385. The summed E-state index contributed by atoms with van der Waals surface area (Å²) in [5.41, 5.74) is 5.57. The van der Waals surface area contributed by atoms with E-state index < -0.39 is 23.4 Å². The number of halogens is 5. The van der Waals surface area contributed by atoms with E-state index in [9.17, 15) is 22.0 Å². The molecule has 1 aromatic heterocycles. The van der Waals surface area contributed by atoms with Gasteiger partial charge in [0.25, 0.3) is 0 Å². The van der Waals surface area contributed by atoms with Gasteiger partial charge in [0.15, 0.2) is 0 Å². The summed E-state index contributed by atoms with van der Waals surface area (Å²) in [5, 5.41) is 4.28. The highest BCUT2D eigenvalue weighted by molar-refractivity contribution is 5.84. The second-order valence-electron chi connectivity index (χ2n) is 8.39. The van der Waals surface area contributed by atoms with Crippen molar-refractivity contribution in [2.75, 3.05) is 23.7 Å². The molecule has 0 atom stereocenters. The number of rotatable bonds is 4. The van der Waals surface area contributed by atoms with Gasteiger partial charge < -0.3 is 15.5 Å². The number of oxime groups is 1. The second-order valence-corrected chi connectivity index (χ2v) is 8.39. The van der Waals surface area contributed by atoms with E-state index >= 15 is 0 Å². The summed E-state index contributed by atoms with van der Waals surface area (Å²) in [6.45, 7) is 1.09. The predicted molar refractivity (Wildman–Crippen MR) is 113 cm³/mol. The minimum atomic E-state index is -4.46. The van der Waals surface area contributed by atoms with Crippen molar-refractivity contribution in [1.82, 2.24) is 9.97 Å². The van der Waals surface area contributed by atoms with Crippen molar-refractivity contribution in [2.45, 2.75) is 56.7 Å². The third kappa shape index (κ3) is 5.51. The van der Waals surface area contributed by atoms with Crippen LogP contribution in [-0.4, -0.2) is 34.9 Å². The zero-order valence-corrected chi connectivity index (χ0v) is 17.8. The molecular formula is C22H24F5N5O. The summed E-state index contributed by atoms with van der Waals surface area (Å²) in [5.74, 6) is -0.926. The van der Waals surface area contributed by atoms with E-state index in [4.69, 9.17) is 10.6 Å². The first-order valence-corrected chi connectivity index (χ1v) is 10.8. The van der Waals surface area contributed by atoms with Gasteiger partial charge in [-0.15, -0.1) is 0 Å². The standard InChI is InChI=1S/C22H24F5N5O/c23-18-10-20(28)19(24)9-17(18)13-1-3-15(4-2-13)31-33-16-5-7-32(8-6-16)21-29-11-14(12-30-21)22(25,26)27/h9-13,16H,1-8,28H2. The SMILES string of the molecule is Nc1cc(F)c(C2CCC(=NOC3CCN(c4ncc(C(F)(F)F)cn4)CC3)CC2)cc1F. The van der Waals surface area contributed by atoms with Crippen molar-refractivity contribution in [3.8, 4) is 0 Å². The van der Waals surface area contributed by atoms with Crippen molar-refractivity contribution < 1.29 is 26.8 Å². The zero-order chi connectivity index (χ0) is 23.6. The molecule has 33 heavy (non-hydrogen) atoms. The van der Waals surface area contributed by atoms with Crippen LogP contribution < -0.4 is 10.6 Å². The molecule has 0 radical (unpaired) electrons. The van der Waals surface area contributed by atoms with Gasteiger partial charge in [0.1, 0.15) is 17.7 Å². The van der Waals surface area contributed by atoms with E-state index in [1.165, 1.54) is 6.07 Å². The molecule has 4 rings (SSSR count). The molecule has 2 N–H and O–H groups in total. The first-order valence-electron chi connectivity index (χ1n) is 10.8. The Balaban J connectivity index is 1.25. The molecule has 2 aliphatic rings. The summed E-state index contributed by atoms with van der Waals surface area (Å²) >= 11 is 0. The van der Waals surface area contributed by atoms with Gasteiger partial charge >= 0.3 is 6.18 Å². The molecule has 2 fully saturated rings. The van der Waals surface area contributed by atoms with Gasteiger partial charge in [-0.3, -0.25) is 0 Å². The van der Waals surface area contributed by atoms with Crippen molar-refractivity contribution in [2.24, 2.45) is 5.16 Å². The van der Waals surface area contributed by atoms with E-state index in [1.807, 2.05) is 4.90 Å². The third-order valence-corrected chi connectivity index (χ3v) is 6.14. The van der Waals surface area contributed by atoms with E-state index in [-0.39, 0.29) is 23.7 Å². The van der Waals surface area contributed by atoms with Crippen molar-refractivity contribution in [1.29, 1.82) is 0 Å². The summed E-state index contributed by atoms with van der Waals surface area (Å²) in [6, 6.07) is 2.21. The Morgan fingerprint density at radius 2 is 1.61 bits per heavy atom. The maximum absolute atomic E-state index is 14.2. The number of nitrogens with zero attached hydrogens (tertiary/aromatic N) is 4. The highest BCUT2D eigenvalue weighted by Gasteiger charge is 2.32. The smallest absolute Gasteiger partial charge is 0.396 e. The summed E-state index contributed by atoms with van der Waals surface area (Å²) < 4.78 is 65.8. The van der Waals surface area contributed by atoms with Crippen LogP contribution in [0.5, 0.6) is 0 Å².